The van der Waals surface area contributed by atoms with E-state index in [2.05, 4.69) is 72.8 Å². The van der Waals surface area contributed by atoms with E-state index in [1.165, 1.54) is 109 Å². The van der Waals surface area contributed by atoms with Crippen LogP contribution in [0.2, 0.25) is 0 Å². The number of unbranched alkanes of at least 4 members (excludes halogenated alkanes) is 29. The molecule has 0 aliphatic heterocycles. The number of hydrogen-bond donors (Lipinski definition) is 3. The van der Waals surface area contributed by atoms with Gasteiger partial charge in [-0.25, -0.2) is 9.13 Å². The topological polar surface area (TPSA) is 237 Å². The molecular formula is C70H132O17P2. The van der Waals surface area contributed by atoms with Gasteiger partial charge in [0.15, 0.2) is 12.2 Å². The van der Waals surface area contributed by atoms with E-state index in [9.17, 15) is 43.2 Å². The molecule has 0 aliphatic carbocycles. The lowest BCUT2D eigenvalue weighted by atomic mass is 9.99. The van der Waals surface area contributed by atoms with Crippen molar-refractivity contribution in [2.75, 3.05) is 39.6 Å². The quantitative estimate of drug-likeness (QED) is 0.0169. The summed E-state index contributed by atoms with van der Waals surface area (Å²) in [7, 11) is -9.91. The van der Waals surface area contributed by atoms with Crippen LogP contribution in [0, 0.1) is 17.8 Å². The Hall–Kier alpha value is -2.46. The number of carbonyl (C=O) groups excluding carboxylic acids is 4. The molecule has 0 aromatic carbocycles. The average molecular weight is 1310 g/mol. The molecule has 0 aromatic heterocycles. The van der Waals surface area contributed by atoms with Gasteiger partial charge in [0.05, 0.1) is 26.4 Å². The molecule has 0 aliphatic rings. The maximum absolute atomic E-state index is 13.0. The molecule has 0 amide bonds. The number of hydrogen-bond acceptors (Lipinski definition) is 15. The van der Waals surface area contributed by atoms with Crippen molar-refractivity contribution in [1.29, 1.82) is 0 Å². The van der Waals surface area contributed by atoms with E-state index in [1.807, 2.05) is 0 Å². The Morgan fingerprint density at radius 2 is 0.663 bits per heavy atom. The Morgan fingerprint density at radius 3 is 1.00 bits per heavy atom. The van der Waals surface area contributed by atoms with Gasteiger partial charge in [0.25, 0.3) is 0 Å². The zero-order valence-electron chi connectivity index (χ0n) is 57.4. The zero-order chi connectivity index (χ0) is 65.9. The monoisotopic (exact) mass is 1310 g/mol. The minimum atomic E-state index is -4.96. The number of aliphatic hydroxyl groups excluding tert-OH is 1. The number of esters is 4. The third-order valence-electron chi connectivity index (χ3n) is 16.2. The molecule has 0 aromatic rings. The van der Waals surface area contributed by atoms with Gasteiger partial charge >= 0.3 is 39.5 Å². The first-order valence-corrected chi connectivity index (χ1v) is 38.7. The van der Waals surface area contributed by atoms with Gasteiger partial charge in [0.1, 0.15) is 19.3 Å². The first-order chi connectivity index (χ1) is 42.8. The van der Waals surface area contributed by atoms with Crippen molar-refractivity contribution in [3.63, 3.8) is 0 Å². The van der Waals surface area contributed by atoms with Crippen LogP contribution in [0.25, 0.3) is 0 Å². The zero-order valence-corrected chi connectivity index (χ0v) is 59.2. The van der Waals surface area contributed by atoms with E-state index in [0.717, 1.165) is 127 Å². The van der Waals surface area contributed by atoms with Crippen LogP contribution in [0.15, 0.2) is 24.3 Å². The largest absolute Gasteiger partial charge is 0.472 e. The van der Waals surface area contributed by atoms with Gasteiger partial charge in [-0.15, -0.1) is 0 Å². The number of rotatable bonds is 66. The van der Waals surface area contributed by atoms with Crippen molar-refractivity contribution >= 4 is 39.5 Å². The Bertz CT molecular complexity index is 1850. The van der Waals surface area contributed by atoms with Crippen LogP contribution >= 0.6 is 15.6 Å². The smallest absolute Gasteiger partial charge is 0.462 e. The summed E-state index contributed by atoms with van der Waals surface area (Å²) in [6.45, 7) is 11.7. The van der Waals surface area contributed by atoms with Gasteiger partial charge in [0.2, 0.25) is 0 Å². The molecule has 0 radical (unpaired) electrons. The van der Waals surface area contributed by atoms with Crippen molar-refractivity contribution < 1.29 is 80.2 Å². The summed E-state index contributed by atoms with van der Waals surface area (Å²) in [5, 5.41) is 10.6. The molecule has 0 bridgehead atoms. The highest BCUT2D eigenvalue weighted by Gasteiger charge is 2.30. The van der Waals surface area contributed by atoms with Crippen molar-refractivity contribution in [2.24, 2.45) is 17.8 Å². The Kier molecular flexibility index (Phi) is 58.8. The fourth-order valence-corrected chi connectivity index (χ4v) is 11.5. The lowest BCUT2D eigenvalue weighted by Crippen LogP contribution is -2.30. The van der Waals surface area contributed by atoms with Crippen molar-refractivity contribution in [2.45, 2.75) is 343 Å². The predicted octanol–water partition coefficient (Wildman–Crippen LogP) is 19.4. The summed E-state index contributed by atoms with van der Waals surface area (Å²) < 4.78 is 68.2. The molecule has 0 saturated heterocycles. The lowest BCUT2D eigenvalue weighted by molar-refractivity contribution is -0.161. The number of ether oxygens (including phenoxy) is 4. The predicted molar refractivity (Wildman–Crippen MR) is 358 cm³/mol. The van der Waals surface area contributed by atoms with Gasteiger partial charge in [-0.2, -0.15) is 0 Å². The minimum absolute atomic E-state index is 0.0961. The first-order valence-electron chi connectivity index (χ1n) is 35.7. The molecule has 0 saturated carbocycles. The molecule has 0 spiro atoms. The fourth-order valence-electron chi connectivity index (χ4n) is 9.94. The number of carbonyl (C=O) groups is 4. The van der Waals surface area contributed by atoms with Crippen molar-refractivity contribution in [3.8, 4) is 0 Å². The molecule has 0 fully saturated rings. The molecule has 524 valence electrons. The number of phosphoric acid groups is 2. The molecule has 19 heteroatoms. The van der Waals surface area contributed by atoms with Crippen LogP contribution in [-0.4, -0.2) is 96.7 Å². The van der Waals surface area contributed by atoms with Crippen molar-refractivity contribution in [3.05, 3.63) is 24.3 Å². The van der Waals surface area contributed by atoms with Gasteiger partial charge in [0, 0.05) is 25.7 Å². The maximum atomic E-state index is 13.0. The van der Waals surface area contributed by atoms with Crippen LogP contribution in [0.1, 0.15) is 325 Å². The second-order valence-corrected chi connectivity index (χ2v) is 28.5. The third-order valence-corrected chi connectivity index (χ3v) is 18.1. The van der Waals surface area contributed by atoms with Gasteiger partial charge in [-0.1, -0.05) is 272 Å². The molecule has 4 unspecified atom stereocenters. The summed E-state index contributed by atoms with van der Waals surface area (Å²) in [5.74, 6) is 0.0622. The van der Waals surface area contributed by atoms with Gasteiger partial charge in [-0.05, 0) is 69.1 Å². The second kappa shape index (κ2) is 60.5. The summed E-state index contributed by atoms with van der Waals surface area (Å²) >= 11 is 0. The van der Waals surface area contributed by atoms with Gasteiger partial charge < -0.3 is 33.8 Å². The van der Waals surface area contributed by atoms with Crippen LogP contribution in [0.5, 0.6) is 0 Å². The Balaban J connectivity index is 5.27. The van der Waals surface area contributed by atoms with E-state index in [1.54, 1.807) is 0 Å². The Labute approximate surface area is 542 Å². The molecule has 3 N–H and O–H groups in total. The van der Waals surface area contributed by atoms with Crippen LogP contribution in [-0.2, 0) is 65.4 Å². The standard InChI is InChI=1S/C70H132O17P2/c1-8-11-12-13-14-15-16-17-18-19-20-24-29-37-44-51-67(72)80-57-65(87-70(75)54-47-40-31-26-27-34-41-48-61(4)5)59-84-88(76,77)82-55-64(71)56-83-89(78,79)85-60-66(58-81-68(73)52-45-38-33-32-36-43-50-63(7)10-3)86-69(74)53-46-39-30-25-22-21-23-28-35-42-49-62(6)9-2/h15-18,61-66,71H,8-14,19-60H2,1-7H3,(H,76,77)(H,78,79)/b16-15-,18-17-/t62?,63?,64-,65-,66-/m1/s1. The van der Waals surface area contributed by atoms with E-state index in [4.69, 9.17) is 37.0 Å². The summed E-state index contributed by atoms with van der Waals surface area (Å²) in [4.78, 5) is 72.5. The summed E-state index contributed by atoms with van der Waals surface area (Å²) in [6.07, 6.45) is 46.7. The SMILES string of the molecule is CCCCCC/C=C\C=C/CCCCCCCC(=O)OC[C@H](COP(=O)(O)OC[C@@H](O)COP(=O)(O)OC[C@@H](COC(=O)CCCCCCCCC(C)CC)OC(=O)CCCCCCCCCCCCC(C)CC)OC(=O)CCCCCCCCCC(C)C. The summed E-state index contributed by atoms with van der Waals surface area (Å²) in [5.41, 5.74) is 0. The van der Waals surface area contributed by atoms with E-state index in [0.29, 0.717) is 31.6 Å². The number of phosphoric ester groups is 2. The highest BCUT2D eigenvalue weighted by Crippen LogP contribution is 2.45. The number of allylic oxidation sites excluding steroid dienone is 4. The third kappa shape index (κ3) is 61.5. The normalized spacial score (nSPS) is 15.0. The molecule has 0 rings (SSSR count). The van der Waals surface area contributed by atoms with Crippen molar-refractivity contribution in [1.82, 2.24) is 0 Å². The highest BCUT2D eigenvalue weighted by atomic mass is 31.2. The van der Waals surface area contributed by atoms with Gasteiger partial charge in [-0.3, -0.25) is 37.3 Å². The summed E-state index contributed by atoms with van der Waals surface area (Å²) in [6, 6.07) is 0. The fraction of sp³-hybridized carbons (Fsp3) is 0.886. The van der Waals surface area contributed by atoms with E-state index >= 15 is 0 Å². The molecule has 7 atom stereocenters. The van der Waals surface area contributed by atoms with E-state index < -0.39 is 97.5 Å². The van der Waals surface area contributed by atoms with Crippen LogP contribution < -0.4 is 0 Å². The van der Waals surface area contributed by atoms with Crippen LogP contribution in [0.3, 0.4) is 0 Å². The van der Waals surface area contributed by atoms with Crippen LogP contribution in [0.4, 0.5) is 0 Å². The Morgan fingerprint density at radius 1 is 0.371 bits per heavy atom. The molecule has 89 heavy (non-hydrogen) atoms. The molecular weight excluding hydrogens is 1170 g/mol. The second-order valence-electron chi connectivity index (χ2n) is 25.5. The lowest BCUT2D eigenvalue weighted by Gasteiger charge is -2.21. The maximum Gasteiger partial charge on any atom is 0.472 e. The molecule has 0 heterocycles. The first kappa shape index (κ1) is 86.5. The minimum Gasteiger partial charge on any atom is -0.462 e. The molecule has 17 nitrogen and oxygen atoms in total. The number of aliphatic hydroxyl groups is 1. The van der Waals surface area contributed by atoms with E-state index in [-0.39, 0.29) is 25.7 Å². The highest BCUT2D eigenvalue weighted by molar-refractivity contribution is 7.47. The average Bonchev–Trinajstić information content (AvgIpc) is 3.72.